The quantitative estimate of drug-likeness (QED) is 0.594. The van der Waals surface area contributed by atoms with Crippen LogP contribution in [0.15, 0.2) is 0 Å². The first-order chi connectivity index (χ1) is 4.54. The largest absolute Gasteiger partial charge is 0.396 e. The van der Waals surface area contributed by atoms with Gasteiger partial charge in [-0.15, -0.1) is 0 Å². The minimum atomic E-state index is 0.395. The molecule has 1 N–H and O–H groups in total. The fourth-order valence-corrected chi connectivity index (χ4v) is 1.59. The molecule has 0 atom stereocenters. The Morgan fingerprint density at radius 2 is 1.80 bits per heavy atom. The lowest BCUT2D eigenvalue weighted by molar-refractivity contribution is 0.0384. The Kier molecular flexibility index (Phi) is 2.04. The van der Waals surface area contributed by atoms with E-state index in [-0.39, 0.29) is 0 Å². The standard InChI is InChI=1S/C9H18O/c1-9(2,3)8-4-7(5-8)6-10/h7-8,10H,4-6H2,1-3H3. The van der Waals surface area contributed by atoms with E-state index in [1.54, 1.807) is 0 Å². The minimum absolute atomic E-state index is 0.395. The molecule has 1 saturated carbocycles. The van der Waals surface area contributed by atoms with Crippen molar-refractivity contribution in [2.24, 2.45) is 17.3 Å². The van der Waals surface area contributed by atoms with Crippen LogP contribution in [0.2, 0.25) is 0 Å². The Balaban J connectivity index is 2.26. The van der Waals surface area contributed by atoms with Gasteiger partial charge in [0, 0.05) is 6.61 Å². The Hall–Kier alpha value is -0.0400. The van der Waals surface area contributed by atoms with Gasteiger partial charge in [0.05, 0.1) is 0 Å². The molecule has 10 heavy (non-hydrogen) atoms. The van der Waals surface area contributed by atoms with Gasteiger partial charge in [0.1, 0.15) is 0 Å². The van der Waals surface area contributed by atoms with Crippen LogP contribution in [0.4, 0.5) is 0 Å². The molecule has 0 aromatic rings. The molecule has 1 rings (SSSR count). The van der Waals surface area contributed by atoms with Crippen molar-refractivity contribution in [3.63, 3.8) is 0 Å². The van der Waals surface area contributed by atoms with E-state index < -0.39 is 0 Å². The Morgan fingerprint density at radius 1 is 1.30 bits per heavy atom. The summed E-state index contributed by atoms with van der Waals surface area (Å²) in [6, 6.07) is 0. The van der Waals surface area contributed by atoms with Crippen LogP contribution in [-0.2, 0) is 0 Å². The highest BCUT2D eigenvalue weighted by molar-refractivity contribution is 4.86. The number of hydrogen-bond acceptors (Lipinski definition) is 1. The van der Waals surface area contributed by atoms with Gasteiger partial charge in [-0.3, -0.25) is 0 Å². The summed E-state index contributed by atoms with van der Waals surface area (Å²) in [5.41, 5.74) is 0.464. The fourth-order valence-electron chi connectivity index (χ4n) is 1.59. The van der Waals surface area contributed by atoms with Crippen LogP contribution in [0.3, 0.4) is 0 Å². The minimum Gasteiger partial charge on any atom is -0.396 e. The first kappa shape index (κ1) is 8.06. The van der Waals surface area contributed by atoms with E-state index in [0.29, 0.717) is 17.9 Å². The highest BCUT2D eigenvalue weighted by Crippen LogP contribution is 2.44. The normalized spacial score (nSPS) is 33.6. The van der Waals surface area contributed by atoms with E-state index in [1.807, 2.05) is 0 Å². The molecular formula is C9H18O. The molecule has 0 unspecified atom stereocenters. The molecule has 0 heterocycles. The lowest BCUT2D eigenvalue weighted by atomic mass is 9.63. The van der Waals surface area contributed by atoms with Gasteiger partial charge in [0.25, 0.3) is 0 Å². The highest BCUT2D eigenvalue weighted by Gasteiger charge is 2.36. The van der Waals surface area contributed by atoms with E-state index in [1.165, 1.54) is 12.8 Å². The van der Waals surface area contributed by atoms with Crippen LogP contribution < -0.4 is 0 Å². The molecule has 0 spiro atoms. The van der Waals surface area contributed by atoms with Crippen molar-refractivity contribution in [1.82, 2.24) is 0 Å². The highest BCUT2D eigenvalue weighted by atomic mass is 16.3. The van der Waals surface area contributed by atoms with Gasteiger partial charge >= 0.3 is 0 Å². The summed E-state index contributed by atoms with van der Waals surface area (Å²) in [5.74, 6) is 1.47. The second-order valence-corrected chi connectivity index (χ2v) is 4.58. The third-order valence-corrected chi connectivity index (χ3v) is 2.72. The molecule has 0 bridgehead atoms. The Morgan fingerprint density at radius 3 is 2.10 bits per heavy atom. The maximum atomic E-state index is 8.77. The van der Waals surface area contributed by atoms with Gasteiger partial charge in [-0.2, -0.15) is 0 Å². The zero-order valence-electron chi connectivity index (χ0n) is 7.22. The SMILES string of the molecule is CC(C)(C)C1CC(CO)C1. The fraction of sp³-hybridized carbons (Fsp3) is 1.00. The van der Waals surface area contributed by atoms with Crippen molar-refractivity contribution in [2.75, 3.05) is 6.61 Å². The average molecular weight is 142 g/mol. The van der Waals surface area contributed by atoms with Crippen LogP contribution in [-0.4, -0.2) is 11.7 Å². The van der Waals surface area contributed by atoms with Gasteiger partial charge in [0.15, 0.2) is 0 Å². The van der Waals surface area contributed by atoms with Gasteiger partial charge in [-0.25, -0.2) is 0 Å². The van der Waals surface area contributed by atoms with Crippen molar-refractivity contribution in [3.8, 4) is 0 Å². The monoisotopic (exact) mass is 142 g/mol. The molecule has 0 aromatic heterocycles. The zero-order chi connectivity index (χ0) is 7.78. The topological polar surface area (TPSA) is 20.2 Å². The summed E-state index contributed by atoms with van der Waals surface area (Å²) in [7, 11) is 0. The summed E-state index contributed by atoms with van der Waals surface area (Å²) in [6.45, 7) is 7.24. The van der Waals surface area contributed by atoms with Crippen molar-refractivity contribution in [3.05, 3.63) is 0 Å². The van der Waals surface area contributed by atoms with Crippen molar-refractivity contribution in [1.29, 1.82) is 0 Å². The first-order valence-electron chi connectivity index (χ1n) is 4.15. The van der Waals surface area contributed by atoms with Crippen LogP contribution >= 0.6 is 0 Å². The van der Waals surface area contributed by atoms with Gasteiger partial charge in [-0.05, 0) is 30.1 Å². The third-order valence-electron chi connectivity index (χ3n) is 2.72. The predicted octanol–water partition coefficient (Wildman–Crippen LogP) is 2.05. The summed E-state index contributed by atoms with van der Waals surface area (Å²) < 4.78 is 0. The Bertz CT molecular complexity index is 106. The lowest BCUT2D eigenvalue weighted by Crippen LogP contribution is -2.35. The van der Waals surface area contributed by atoms with E-state index in [0.717, 1.165) is 5.92 Å². The molecule has 1 aliphatic carbocycles. The number of aliphatic hydroxyl groups is 1. The first-order valence-corrected chi connectivity index (χ1v) is 4.15. The summed E-state index contributed by atoms with van der Waals surface area (Å²) in [5, 5.41) is 8.77. The van der Waals surface area contributed by atoms with E-state index >= 15 is 0 Å². The van der Waals surface area contributed by atoms with Crippen molar-refractivity contribution >= 4 is 0 Å². The Labute approximate surface area is 63.4 Å². The second-order valence-electron chi connectivity index (χ2n) is 4.58. The molecule has 0 saturated heterocycles. The molecule has 0 amide bonds. The van der Waals surface area contributed by atoms with E-state index in [4.69, 9.17) is 5.11 Å². The summed E-state index contributed by atoms with van der Waals surface area (Å²) in [6.07, 6.45) is 2.47. The van der Waals surface area contributed by atoms with Crippen LogP contribution in [0.25, 0.3) is 0 Å². The second kappa shape index (κ2) is 2.54. The maximum absolute atomic E-state index is 8.77. The molecule has 1 aliphatic rings. The van der Waals surface area contributed by atoms with E-state index in [2.05, 4.69) is 20.8 Å². The molecule has 0 aliphatic heterocycles. The summed E-state index contributed by atoms with van der Waals surface area (Å²) >= 11 is 0. The number of aliphatic hydroxyl groups excluding tert-OH is 1. The molecule has 60 valence electrons. The molecule has 0 aromatic carbocycles. The summed E-state index contributed by atoms with van der Waals surface area (Å²) in [4.78, 5) is 0. The number of rotatable bonds is 1. The van der Waals surface area contributed by atoms with Crippen LogP contribution in [0.1, 0.15) is 33.6 Å². The van der Waals surface area contributed by atoms with Gasteiger partial charge in [-0.1, -0.05) is 20.8 Å². The van der Waals surface area contributed by atoms with Crippen molar-refractivity contribution in [2.45, 2.75) is 33.6 Å². The van der Waals surface area contributed by atoms with Gasteiger partial charge in [0.2, 0.25) is 0 Å². The van der Waals surface area contributed by atoms with Crippen LogP contribution in [0.5, 0.6) is 0 Å². The van der Waals surface area contributed by atoms with Crippen molar-refractivity contribution < 1.29 is 5.11 Å². The smallest absolute Gasteiger partial charge is 0.0459 e. The molecule has 0 radical (unpaired) electrons. The molecule has 1 nitrogen and oxygen atoms in total. The molecule has 1 heteroatoms. The third kappa shape index (κ3) is 1.51. The van der Waals surface area contributed by atoms with E-state index in [9.17, 15) is 0 Å². The zero-order valence-corrected chi connectivity index (χ0v) is 7.22. The molecular weight excluding hydrogens is 124 g/mol. The average Bonchev–Trinajstić information content (AvgIpc) is 1.57. The maximum Gasteiger partial charge on any atom is 0.0459 e. The number of hydrogen-bond donors (Lipinski definition) is 1. The van der Waals surface area contributed by atoms with Gasteiger partial charge < -0.3 is 5.11 Å². The predicted molar refractivity (Wildman–Crippen MR) is 42.8 cm³/mol. The lowest BCUT2D eigenvalue weighted by Gasteiger charge is -2.43. The van der Waals surface area contributed by atoms with Crippen LogP contribution in [0, 0.1) is 17.3 Å². The molecule has 1 fully saturated rings.